The molecule has 1 aliphatic heterocycles. The van der Waals surface area contributed by atoms with Crippen LogP contribution in [0.5, 0.6) is 17.2 Å². The molecule has 0 bridgehead atoms. The third kappa shape index (κ3) is 3.46. The molecule has 2 heterocycles. The first kappa shape index (κ1) is 16.0. The zero-order valence-electron chi connectivity index (χ0n) is 14.2. The van der Waals surface area contributed by atoms with Gasteiger partial charge in [0.05, 0.1) is 12.3 Å². The highest BCUT2D eigenvalue weighted by Gasteiger charge is 2.13. The number of anilines is 4. The molecule has 7 nitrogen and oxygen atoms in total. The molecule has 0 spiro atoms. The lowest BCUT2D eigenvalue weighted by Crippen LogP contribution is -2.02. The van der Waals surface area contributed by atoms with E-state index in [0.717, 1.165) is 22.9 Å². The fourth-order valence-electron chi connectivity index (χ4n) is 2.58. The molecule has 0 atom stereocenters. The van der Waals surface area contributed by atoms with Gasteiger partial charge >= 0.3 is 0 Å². The van der Waals surface area contributed by atoms with Gasteiger partial charge in [0.25, 0.3) is 0 Å². The molecule has 1 aliphatic rings. The van der Waals surface area contributed by atoms with Crippen molar-refractivity contribution in [2.75, 3.05) is 24.0 Å². The van der Waals surface area contributed by atoms with E-state index in [9.17, 15) is 0 Å². The van der Waals surface area contributed by atoms with Crippen molar-refractivity contribution < 1.29 is 14.2 Å². The van der Waals surface area contributed by atoms with Crippen LogP contribution < -0.4 is 24.8 Å². The molecule has 0 fully saturated rings. The van der Waals surface area contributed by atoms with Crippen LogP contribution in [0.3, 0.4) is 0 Å². The van der Waals surface area contributed by atoms with Crippen LogP contribution in [0.25, 0.3) is 0 Å². The van der Waals surface area contributed by atoms with Gasteiger partial charge in [-0.2, -0.15) is 4.98 Å². The second-order valence-electron chi connectivity index (χ2n) is 5.51. The fourth-order valence-corrected chi connectivity index (χ4v) is 2.58. The van der Waals surface area contributed by atoms with Gasteiger partial charge in [-0.05, 0) is 37.3 Å². The molecule has 132 valence electrons. The summed E-state index contributed by atoms with van der Waals surface area (Å²) in [4.78, 5) is 8.77. The molecule has 0 radical (unpaired) electrons. The molecule has 2 aromatic carbocycles. The van der Waals surface area contributed by atoms with Crippen molar-refractivity contribution in [3.63, 3.8) is 0 Å². The highest BCUT2D eigenvalue weighted by atomic mass is 16.7. The van der Waals surface area contributed by atoms with Gasteiger partial charge in [-0.25, -0.2) is 4.98 Å². The van der Waals surface area contributed by atoms with Crippen molar-refractivity contribution in [2.24, 2.45) is 0 Å². The molecule has 4 rings (SSSR count). The number of aromatic nitrogens is 2. The monoisotopic (exact) mass is 350 g/mol. The molecule has 0 amide bonds. The minimum atomic E-state index is 0.250. The molecule has 7 heteroatoms. The summed E-state index contributed by atoms with van der Waals surface area (Å²) in [7, 11) is 0. The number of ether oxygens (including phenoxy) is 3. The van der Waals surface area contributed by atoms with E-state index >= 15 is 0 Å². The van der Waals surface area contributed by atoms with Gasteiger partial charge in [0.2, 0.25) is 12.7 Å². The van der Waals surface area contributed by atoms with Crippen LogP contribution in [0.15, 0.2) is 54.7 Å². The van der Waals surface area contributed by atoms with Crippen LogP contribution in [0, 0.1) is 0 Å². The summed E-state index contributed by atoms with van der Waals surface area (Å²) < 4.78 is 16.3. The van der Waals surface area contributed by atoms with Crippen LogP contribution in [-0.2, 0) is 0 Å². The maximum absolute atomic E-state index is 5.62. The SMILES string of the molecule is CCOc1ccccc1Nc1nccc(Nc2ccc3c(c2)OCO3)n1. The van der Waals surface area contributed by atoms with E-state index in [-0.39, 0.29) is 6.79 Å². The Morgan fingerprint density at radius 1 is 1.04 bits per heavy atom. The molecular weight excluding hydrogens is 332 g/mol. The summed E-state index contributed by atoms with van der Waals surface area (Å²) in [5.41, 5.74) is 1.67. The van der Waals surface area contributed by atoms with Crippen LogP contribution in [0.1, 0.15) is 6.92 Å². The van der Waals surface area contributed by atoms with E-state index in [1.54, 1.807) is 12.3 Å². The van der Waals surface area contributed by atoms with Crippen LogP contribution in [0.2, 0.25) is 0 Å². The number of hydrogen-bond donors (Lipinski definition) is 2. The minimum Gasteiger partial charge on any atom is -0.492 e. The lowest BCUT2D eigenvalue weighted by molar-refractivity contribution is 0.174. The molecule has 0 aliphatic carbocycles. The summed E-state index contributed by atoms with van der Waals surface area (Å²) >= 11 is 0. The van der Waals surface area contributed by atoms with E-state index in [1.807, 2.05) is 49.4 Å². The van der Waals surface area contributed by atoms with Gasteiger partial charge in [0.15, 0.2) is 11.5 Å². The molecule has 26 heavy (non-hydrogen) atoms. The lowest BCUT2D eigenvalue weighted by Gasteiger charge is -2.12. The van der Waals surface area contributed by atoms with Gasteiger partial charge in [0, 0.05) is 18.0 Å². The van der Waals surface area contributed by atoms with Gasteiger partial charge < -0.3 is 24.8 Å². The number of benzene rings is 2. The van der Waals surface area contributed by atoms with Gasteiger partial charge in [0.1, 0.15) is 11.6 Å². The van der Waals surface area contributed by atoms with Gasteiger partial charge in [-0.3, -0.25) is 0 Å². The Morgan fingerprint density at radius 3 is 2.85 bits per heavy atom. The Hall–Kier alpha value is -3.48. The first-order chi connectivity index (χ1) is 12.8. The molecular formula is C19H18N4O3. The standard InChI is InChI=1S/C19H18N4O3/c1-2-24-15-6-4-3-5-14(15)22-19-20-10-9-18(23-19)21-13-7-8-16-17(11-13)26-12-25-16/h3-11H,2,12H2,1H3,(H2,20,21,22,23). The number of hydrogen-bond acceptors (Lipinski definition) is 7. The van der Waals surface area contributed by atoms with Crippen LogP contribution in [-0.4, -0.2) is 23.4 Å². The summed E-state index contributed by atoms with van der Waals surface area (Å²) in [6, 6.07) is 15.1. The second-order valence-corrected chi connectivity index (χ2v) is 5.51. The van der Waals surface area contributed by atoms with E-state index < -0.39 is 0 Å². The number of fused-ring (bicyclic) bond motifs is 1. The number of rotatable bonds is 6. The van der Waals surface area contributed by atoms with Crippen LogP contribution >= 0.6 is 0 Å². The average molecular weight is 350 g/mol. The van der Waals surface area contributed by atoms with E-state index in [2.05, 4.69) is 20.6 Å². The van der Waals surface area contributed by atoms with Crippen molar-refractivity contribution in [3.05, 3.63) is 54.7 Å². The molecule has 2 N–H and O–H groups in total. The Balaban J connectivity index is 1.52. The zero-order chi connectivity index (χ0) is 17.8. The summed E-state index contributed by atoms with van der Waals surface area (Å²) in [6.07, 6.45) is 1.69. The predicted octanol–water partition coefficient (Wildman–Crippen LogP) is 4.09. The Bertz CT molecular complexity index is 917. The van der Waals surface area contributed by atoms with E-state index in [0.29, 0.717) is 24.1 Å². The zero-order valence-corrected chi connectivity index (χ0v) is 14.2. The number of para-hydroxylation sites is 2. The quantitative estimate of drug-likeness (QED) is 0.693. The topological polar surface area (TPSA) is 77.5 Å². The van der Waals surface area contributed by atoms with Crippen molar-refractivity contribution in [3.8, 4) is 17.2 Å². The first-order valence-electron chi connectivity index (χ1n) is 8.30. The number of nitrogens with zero attached hydrogens (tertiary/aromatic N) is 2. The highest BCUT2D eigenvalue weighted by Crippen LogP contribution is 2.35. The third-order valence-electron chi connectivity index (χ3n) is 3.73. The normalized spacial score (nSPS) is 11.9. The van der Waals surface area contributed by atoms with Crippen molar-refractivity contribution in [1.29, 1.82) is 0 Å². The highest BCUT2D eigenvalue weighted by molar-refractivity contribution is 5.65. The second kappa shape index (κ2) is 7.18. The third-order valence-corrected chi connectivity index (χ3v) is 3.73. The fraction of sp³-hybridized carbons (Fsp3) is 0.158. The Labute approximate surface area is 151 Å². The first-order valence-corrected chi connectivity index (χ1v) is 8.30. The average Bonchev–Trinajstić information content (AvgIpc) is 3.12. The predicted molar refractivity (Wildman–Crippen MR) is 98.8 cm³/mol. The summed E-state index contributed by atoms with van der Waals surface area (Å²) in [6.45, 7) is 2.79. The summed E-state index contributed by atoms with van der Waals surface area (Å²) in [5.74, 6) is 3.35. The maximum atomic E-state index is 5.62. The van der Waals surface area contributed by atoms with E-state index in [4.69, 9.17) is 14.2 Å². The smallest absolute Gasteiger partial charge is 0.231 e. The molecule has 3 aromatic rings. The van der Waals surface area contributed by atoms with Crippen molar-refractivity contribution in [2.45, 2.75) is 6.92 Å². The molecule has 0 unspecified atom stereocenters. The maximum Gasteiger partial charge on any atom is 0.231 e. The Kier molecular flexibility index (Phi) is 4.42. The minimum absolute atomic E-state index is 0.250. The summed E-state index contributed by atoms with van der Waals surface area (Å²) in [5, 5.41) is 6.43. The Morgan fingerprint density at radius 2 is 1.92 bits per heavy atom. The van der Waals surface area contributed by atoms with Crippen molar-refractivity contribution >= 4 is 23.1 Å². The van der Waals surface area contributed by atoms with Crippen LogP contribution in [0.4, 0.5) is 23.1 Å². The van der Waals surface area contributed by atoms with E-state index in [1.165, 1.54) is 0 Å². The largest absolute Gasteiger partial charge is 0.492 e. The van der Waals surface area contributed by atoms with Crippen molar-refractivity contribution in [1.82, 2.24) is 9.97 Å². The van der Waals surface area contributed by atoms with Gasteiger partial charge in [-0.15, -0.1) is 0 Å². The van der Waals surface area contributed by atoms with Gasteiger partial charge in [-0.1, -0.05) is 12.1 Å². The molecule has 0 saturated heterocycles. The molecule has 0 saturated carbocycles. The lowest BCUT2D eigenvalue weighted by atomic mass is 10.3. The molecule has 1 aromatic heterocycles. The number of nitrogens with one attached hydrogen (secondary N) is 2.